The van der Waals surface area contributed by atoms with E-state index < -0.39 is 18.7 Å². The first-order valence-corrected chi connectivity index (χ1v) is 10.8. The highest BCUT2D eigenvalue weighted by molar-refractivity contribution is 6.00. The monoisotopic (exact) mass is 496 g/mol. The average molecular weight is 496 g/mol. The van der Waals surface area contributed by atoms with Crippen molar-refractivity contribution in [1.82, 2.24) is 5.32 Å². The molecule has 0 aromatic heterocycles. The first kappa shape index (κ1) is 26.1. The Morgan fingerprint density at radius 3 is 2.17 bits per heavy atom. The quantitative estimate of drug-likeness (QED) is 0.542. The normalized spacial score (nSPS) is 15.8. The van der Waals surface area contributed by atoms with Crippen LogP contribution in [0.5, 0.6) is 17.2 Å². The second kappa shape index (κ2) is 11.3. The number of rotatable bonds is 10. The molecule has 1 saturated heterocycles. The van der Waals surface area contributed by atoms with Gasteiger partial charge in [-0.3, -0.25) is 9.59 Å². The summed E-state index contributed by atoms with van der Waals surface area (Å²) in [6.45, 7) is -1.05. The number of halogens is 3. The number of amides is 2. The minimum atomic E-state index is -4.37. The van der Waals surface area contributed by atoms with Gasteiger partial charge in [0.2, 0.25) is 17.6 Å². The fourth-order valence-corrected chi connectivity index (χ4v) is 3.73. The number of nitrogens with zero attached hydrogens (tertiary/aromatic N) is 1. The minimum Gasteiger partial charge on any atom is -0.493 e. The van der Waals surface area contributed by atoms with Crippen molar-refractivity contribution in [1.29, 1.82) is 0 Å². The summed E-state index contributed by atoms with van der Waals surface area (Å²) in [5, 5.41) is 2.81. The number of nitrogens with one attached hydrogen (secondary N) is 1. The minimum absolute atomic E-state index is 0.0535. The molecule has 1 atom stereocenters. The van der Waals surface area contributed by atoms with Crippen LogP contribution in [0.15, 0.2) is 36.4 Å². The molecule has 1 aliphatic rings. The molecule has 8 nitrogen and oxygen atoms in total. The van der Waals surface area contributed by atoms with E-state index in [1.54, 1.807) is 36.4 Å². The second-order valence-corrected chi connectivity index (χ2v) is 7.93. The molecule has 190 valence electrons. The number of carbonyl (C=O) groups excluding carboxylic acids is 2. The molecule has 1 N–H and O–H groups in total. The van der Waals surface area contributed by atoms with Crippen molar-refractivity contribution in [2.24, 2.45) is 5.92 Å². The van der Waals surface area contributed by atoms with E-state index in [0.29, 0.717) is 28.5 Å². The van der Waals surface area contributed by atoms with Crippen LogP contribution in [0.4, 0.5) is 18.9 Å². The van der Waals surface area contributed by atoms with Crippen LogP contribution in [-0.4, -0.2) is 52.5 Å². The maximum Gasteiger partial charge on any atom is 0.411 e. The fraction of sp³-hybridized carbons (Fsp3) is 0.417. The summed E-state index contributed by atoms with van der Waals surface area (Å²) in [5.74, 6) is 0.173. The smallest absolute Gasteiger partial charge is 0.411 e. The van der Waals surface area contributed by atoms with Crippen LogP contribution in [-0.2, 0) is 27.5 Å². The van der Waals surface area contributed by atoms with E-state index in [4.69, 9.17) is 14.2 Å². The van der Waals surface area contributed by atoms with Gasteiger partial charge in [0.05, 0.1) is 39.5 Å². The molecule has 2 amide bonds. The van der Waals surface area contributed by atoms with E-state index in [1.807, 2.05) is 0 Å². The van der Waals surface area contributed by atoms with E-state index in [9.17, 15) is 22.8 Å². The Morgan fingerprint density at radius 2 is 1.63 bits per heavy atom. The molecular weight excluding hydrogens is 469 g/mol. The number of carbonyl (C=O) groups is 2. The number of hydrogen-bond acceptors (Lipinski definition) is 6. The molecule has 0 aliphatic carbocycles. The maximum atomic E-state index is 12.7. The third-order valence-electron chi connectivity index (χ3n) is 5.48. The zero-order valence-corrected chi connectivity index (χ0v) is 19.6. The molecule has 0 bridgehead atoms. The Hall–Kier alpha value is -3.47. The predicted octanol–water partition coefficient (Wildman–Crippen LogP) is 3.46. The molecule has 2 aromatic carbocycles. The lowest BCUT2D eigenvalue weighted by Crippen LogP contribution is -2.32. The average Bonchev–Trinajstić information content (AvgIpc) is 3.23. The van der Waals surface area contributed by atoms with Crippen molar-refractivity contribution in [3.63, 3.8) is 0 Å². The molecule has 1 fully saturated rings. The van der Waals surface area contributed by atoms with E-state index in [2.05, 4.69) is 10.1 Å². The highest BCUT2D eigenvalue weighted by atomic mass is 19.4. The fourth-order valence-electron chi connectivity index (χ4n) is 3.73. The summed E-state index contributed by atoms with van der Waals surface area (Å²) in [6, 6.07) is 9.99. The van der Waals surface area contributed by atoms with Gasteiger partial charge < -0.3 is 29.2 Å². The zero-order chi connectivity index (χ0) is 25.6. The van der Waals surface area contributed by atoms with E-state index in [1.165, 1.54) is 26.2 Å². The molecule has 11 heteroatoms. The standard InChI is InChI=1S/C24H27F3N2O6/c1-32-19-9-18(10-20(33-2)22(19)34-3)29-12-17(8-21(29)30)23(31)28-11-15-4-6-16(7-5-15)13-35-14-24(25,26)27/h4-7,9-10,17H,8,11-14H2,1-3H3,(H,28,31). The van der Waals surface area contributed by atoms with Crippen molar-refractivity contribution >= 4 is 17.5 Å². The molecular formula is C24H27F3N2O6. The van der Waals surface area contributed by atoms with Gasteiger partial charge >= 0.3 is 6.18 Å². The molecule has 35 heavy (non-hydrogen) atoms. The van der Waals surface area contributed by atoms with Crippen molar-refractivity contribution in [3.8, 4) is 17.2 Å². The van der Waals surface area contributed by atoms with E-state index in [-0.39, 0.29) is 37.9 Å². The molecule has 1 aliphatic heterocycles. The van der Waals surface area contributed by atoms with Crippen molar-refractivity contribution in [2.45, 2.75) is 25.7 Å². The molecule has 0 radical (unpaired) electrons. The van der Waals surface area contributed by atoms with Gasteiger partial charge in [-0.15, -0.1) is 0 Å². The van der Waals surface area contributed by atoms with Gasteiger partial charge in [0.1, 0.15) is 6.61 Å². The van der Waals surface area contributed by atoms with Crippen LogP contribution in [0.1, 0.15) is 17.5 Å². The summed E-state index contributed by atoms with van der Waals surface area (Å²) in [4.78, 5) is 26.9. The molecule has 1 heterocycles. The summed E-state index contributed by atoms with van der Waals surface area (Å²) in [7, 11) is 4.44. The largest absolute Gasteiger partial charge is 0.493 e. The zero-order valence-electron chi connectivity index (χ0n) is 19.6. The SMILES string of the molecule is COc1cc(N2CC(C(=O)NCc3ccc(COCC(F)(F)F)cc3)CC2=O)cc(OC)c1OC. The van der Waals surface area contributed by atoms with E-state index in [0.717, 1.165) is 5.56 Å². The Kier molecular flexibility index (Phi) is 8.44. The number of anilines is 1. The Labute approximate surface area is 200 Å². The molecule has 3 rings (SSSR count). The first-order chi connectivity index (χ1) is 16.6. The van der Waals surface area contributed by atoms with Crippen molar-refractivity contribution in [3.05, 3.63) is 47.5 Å². The van der Waals surface area contributed by atoms with Crippen LogP contribution in [0.3, 0.4) is 0 Å². The molecule has 0 spiro atoms. The third-order valence-corrected chi connectivity index (χ3v) is 5.48. The van der Waals surface area contributed by atoms with Gasteiger partial charge in [-0.05, 0) is 11.1 Å². The molecule has 1 unspecified atom stereocenters. The van der Waals surface area contributed by atoms with Gasteiger partial charge in [0, 0.05) is 31.6 Å². The Balaban J connectivity index is 1.57. The Morgan fingerprint density at radius 1 is 1.03 bits per heavy atom. The van der Waals surface area contributed by atoms with Crippen molar-refractivity contribution < 1.29 is 41.7 Å². The highest BCUT2D eigenvalue weighted by Gasteiger charge is 2.36. The van der Waals surface area contributed by atoms with Gasteiger partial charge in [0.25, 0.3) is 0 Å². The van der Waals surface area contributed by atoms with Crippen LogP contribution >= 0.6 is 0 Å². The highest BCUT2D eigenvalue weighted by Crippen LogP contribution is 2.42. The second-order valence-electron chi connectivity index (χ2n) is 7.93. The summed E-state index contributed by atoms with van der Waals surface area (Å²) >= 11 is 0. The number of hydrogen-bond donors (Lipinski definition) is 1. The number of alkyl halides is 3. The number of methoxy groups -OCH3 is 3. The maximum absolute atomic E-state index is 12.7. The van der Waals surface area contributed by atoms with Crippen LogP contribution < -0.4 is 24.4 Å². The number of ether oxygens (including phenoxy) is 4. The first-order valence-electron chi connectivity index (χ1n) is 10.8. The lowest BCUT2D eigenvalue weighted by molar-refractivity contribution is -0.176. The van der Waals surface area contributed by atoms with Crippen molar-refractivity contribution in [2.75, 3.05) is 39.4 Å². The predicted molar refractivity (Wildman–Crippen MR) is 121 cm³/mol. The van der Waals surface area contributed by atoms with Crippen LogP contribution in [0, 0.1) is 5.92 Å². The molecule has 2 aromatic rings. The third kappa shape index (κ3) is 6.78. The van der Waals surface area contributed by atoms with Crippen LogP contribution in [0.2, 0.25) is 0 Å². The van der Waals surface area contributed by atoms with Gasteiger partial charge in [-0.2, -0.15) is 13.2 Å². The van der Waals surface area contributed by atoms with Crippen LogP contribution in [0.25, 0.3) is 0 Å². The number of benzene rings is 2. The molecule has 0 saturated carbocycles. The van der Waals surface area contributed by atoms with Gasteiger partial charge in [-0.25, -0.2) is 0 Å². The lowest BCUT2D eigenvalue weighted by atomic mass is 10.1. The van der Waals surface area contributed by atoms with Gasteiger partial charge in [0.15, 0.2) is 11.5 Å². The van der Waals surface area contributed by atoms with Gasteiger partial charge in [-0.1, -0.05) is 24.3 Å². The Bertz CT molecular complexity index is 1020. The summed E-state index contributed by atoms with van der Waals surface area (Å²) in [5.41, 5.74) is 1.89. The summed E-state index contributed by atoms with van der Waals surface area (Å²) in [6.07, 6.45) is -4.31. The topological polar surface area (TPSA) is 86.3 Å². The van der Waals surface area contributed by atoms with E-state index >= 15 is 0 Å². The lowest BCUT2D eigenvalue weighted by Gasteiger charge is -2.20. The summed E-state index contributed by atoms with van der Waals surface area (Å²) < 4.78 is 57.1.